The number of hydrogen-bond acceptors (Lipinski definition) is 3. The van der Waals surface area contributed by atoms with Crippen molar-refractivity contribution in [3.05, 3.63) is 157 Å². The summed E-state index contributed by atoms with van der Waals surface area (Å²) in [6, 6.07) is 53.4. The minimum atomic E-state index is -0.101. The van der Waals surface area contributed by atoms with Crippen LogP contribution in [-0.4, -0.2) is 4.57 Å². The Kier molecular flexibility index (Phi) is 5.15. The molecule has 0 saturated heterocycles. The molecule has 0 unspecified atom stereocenters. The lowest BCUT2D eigenvalue weighted by molar-refractivity contribution is 0.660. The number of anilines is 7. The first kappa shape index (κ1) is 26.8. The third kappa shape index (κ3) is 3.58. The first-order valence-corrected chi connectivity index (χ1v) is 17.0. The van der Waals surface area contributed by atoms with Crippen molar-refractivity contribution >= 4 is 61.6 Å². The van der Waals surface area contributed by atoms with Crippen LogP contribution in [0.15, 0.2) is 146 Å². The minimum Gasteiger partial charge on any atom is -0.352 e. The van der Waals surface area contributed by atoms with E-state index in [9.17, 15) is 0 Å². The summed E-state index contributed by atoms with van der Waals surface area (Å²) in [5.41, 5.74) is 19.2. The van der Waals surface area contributed by atoms with Gasteiger partial charge < -0.3 is 20.1 Å². The molecule has 49 heavy (non-hydrogen) atoms. The topological polar surface area (TPSA) is 32.2 Å². The molecule has 4 heteroatoms. The van der Waals surface area contributed by atoms with Gasteiger partial charge in [-0.1, -0.05) is 105 Å². The van der Waals surface area contributed by atoms with Crippen LogP contribution in [0.3, 0.4) is 0 Å². The molecule has 11 rings (SSSR count). The number of benzene rings is 7. The average Bonchev–Trinajstić information content (AvgIpc) is 3.59. The maximum absolute atomic E-state index is 3.84. The van der Waals surface area contributed by atoms with Crippen LogP contribution < -0.4 is 15.5 Å². The van der Waals surface area contributed by atoms with E-state index in [1.165, 1.54) is 60.9 Å². The van der Waals surface area contributed by atoms with Crippen LogP contribution in [0, 0.1) is 0 Å². The van der Waals surface area contributed by atoms with Crippen LogP contribution in [0.1, 0.15) is 25.0 Å². The summed E-state index contributed by atoms with van der Waals surface area (Å²) in [7, 11) is 0. The highest BCUT2D eigenvalue weighted by atomic mass is 15.2. The number of hydrogen-bond donors (Lipinski definition) is 2. The van der Waals surface area contributed by atoms with Crippen molar-refractivity contribution in [3.8, 4) is 27.9 Å². The number of rotatable bonds is 4. The summed E-state index contributed by atoms with van der Waals surface area (Å²) in [6.07, 6.45) is 0. The fourth-order valence-corrected chi connectivity index (χ4v) is 8.72. The summed E-state index contributed by atoms with van der Waals surface area (Å²) < 4.78 is 2.46. The molecular formula is C45H32N4. The summed E-state index contributed by atoms with van der Waals surface area (Å²) in [5.74, 6) is 0. The molecule has 0 amide bonds. The first-order chi connectivity index (χ1) is 24.0. The molecule has 2 aliphatic heterocycles. The van der Waals surface area contributed by atoms with Gasteiger partial charge in [0.2, 0.25) is 0 Å². The van der Waals surface area contributed by atoms with Gasteiger partial charge in [-0.3, -0.25) is 0 Å². The highest BCUT2D eigenvalue weighted by Crippen LogP contribution is 2.54. The van der Waals surface area contributed by atoms with E-state index in [-0.39, 0.29) is 5.41 Å². The van der Waals surface area contributed by atoms with E-state index in [4.69, 9.17) is 0 Å². The van der Waals surface area contributed by atoms with Crippen molar-refractivity contribution in [2.24, 2.45) is 0 Å². The van der Waals surface area contributed by atoms with Crippen molar-refractivity contribution < 1.29 is 0 Å². The van der Waals surface area contributed by atoms with Crippen LogP contribution in [-0.2, 0) is 5.41 Å². The quantitative estimate of drug-likeness (QED) is 0.203. The van der Waals surface area contributed by atoms with Gasteiger partial charge in [-0.25, -0.2) is 0 Å². The van der Waals surface area contributed by atoms with E-state index in [0.717, 1.165) is 39.8 Å². The largest absolute Gasteiger partial charge is 0.352 e. The predicted molar refractivity (Wildman–Crippen MR) is 205 cm³/mol. The van der Waals surface area contributed by atoms with Gasteiger partial charge in [-0.15, -0.1) is 0 Å². The van der Waals surface area contributed by atoms with Gasteiger partial charge in [0, 0.05) is 33.2 Å². The lowest BCUT2D eigenvalue weighted by atomic mass is 9.82. The summed E-state index contributed by atoms with van der Waals surface area (Å²) in [5, 5.41) is 10.0. The Morgan fingerprint density at radius 3 is 1.96 bits per heavy atom. The fourth-order valence-electron chi connectivity index (χ4n) is 8.72. The van der Waals surface area contributed by atoms with Crippen molar-refractivity contribution in [2.45, 2.75) is 19.3 Å². The Bertz CT molecular complexity index is 2680. The highest BCUT2D eigenvalue weighted by Gasteiger charge is 2.36. The lowest BCUT2D eigenvalue weighted by Gasteiger charge is -2.31. The van der Waals surface area contributed by atoms with Crippen LogP contribution in [0.4, 0.5) is 39.8 Å². The Morgan fingerprint density at radius 1 is 0.469 bits per heavy atom. The van der Waals surface area contributed by atoms with Gasteiger partial charge in [0.25, 0.3) is 0 Å². The van der Waals surface area contributed by atoms with E-state index in [2.05, 4.69) is 180 Å². The van der Waals surface area contributed by atoms with Gasteiger partial charge >= 0.3 is 0 Å². The third-order valence-electron chi connectivity index (χ3n) is 11.0. The lowest BCUT2D eigenvalue weighted by Crippen LogP contribution is -2.17. The predicted octanol–water partition coefficient (Wildman–Crippen LogP) is 12.3. The highest BCUT2D eigenvalue weighted by molar-refractivity contribution is 6.21. The molecule has 0 bridgehead atoms. The number of para-hydroxylation sites is 2. The van der Waals surface area contributed by atoms with Crippen LogP contribution in [0.5, 0.6) is 0 Å². The van der Waals surface area contributed by atoms with Crippen molar-refractivity contribution in [3.63, 3.8) is 0 Å². The second-order valence-corrected chi connectivity index (χ2v) is 14.0. The number of nitrogens with zero attached hydrogens (tertiary/aromatic N) is 2. The molecule has 0 saturated carbocycles. The van der Waals surface area contributed by atoms with Gasteiger partial charge in [-0.2, -0.15) is 0 Å². The van der Waals surface area contributed by atoms with E-state index in [1.807, 2.05) is 0 Å². The van der Waals surface area contributed by atoms with E-state index in [1.54, 1.807) is 0 Å². The summed E-state index contributed by atoms with van der Waals surface area (Å²) in [6.45, 7) is 4.71. The van der Waals surface area contributed by atoms with E-state index in [0.29, 0.717) is 0 Å². The average molecular weight is 629 g/mol. The molecule has 4 nitrogen and oxygen atoms in total. The van der Waals surface area contributed by atoms with Crippen LogP contribution in [0.2, 0.25) is 0 Å². The van der Waals surface area contributed by atoms with Crippen LogP contribution >= 0.6 is 0 Å². The van der Waals surface area contributed by atoms with E-state index < -0.39 is 0 Å². The van der Waals surface area contributed by atoms with Crippen molar-refractivity contribution in [1.82, 2.24) is 4.57 Å². The maximum atomic E-state index is 3.84. The zero-order valence-corrected chi connectivity index (χ0v) is 27.3. The maximum Gasteiger partial charge on any atom is 0.0936 e. The Labute approximate surface area is 284 Å². The molecular weight excluding hydrogens is 597 g/mol. The van der Waals surface area contributed by atoms with Crippen LogP contribution in [0.25, 0.3) is 49.7 Å². The molecule has 8 aromatic rings. The normalized spacial score (nSPS) is 14.0. The van der Waals surface area contributed by atoms with Gasteiger partial charge in [0.05, 0.1) is 39.5 Å². The second kappa shape index (κ2) is 9.42. The molecule has 7 aromatic carbocycles. The Morgan fingerprint density at radius 2 is 1.12 bits per heavy atom. The zero-order chi connectivity index (χ0) is 32.4. The molecule has 0 fully saturated rings. The number of fused-ring (bicyclic) bond motifs is 4. The molecule has 1 aromatic heterocycles. The number of nitrogens with one attached hydrogen (secondary N) is 2. The third-order valence-corrected chi connectivity index (χ3v) is 11.0. The zero-order valence-electron chi connectivity index (χ0n) is 27.3. The summed E-state index contributed by atoms with van der Waals surface area (Å²) in [4.78, 5) is 2.43. The monoisotopic (exact) mass is 628 g/mol. The molecule has 232 valence electrons. The standard InChI is InChI=1S/C45H32N4/c1-45(2)36-14-7-6-12-32(36)33-23-22-30(25-37(33)45)48(29-20-18-28(19-21-29)27-10-4-3-5-11-27)31-24-35-34-13-8-15-38-42(34)49-43(35)41(26-31)47-40-17-9-16-39(46-38)44(40)49/h3-26,46-47H,1-2H3. The second-order valence-electron chi connectivity index (χ2n) is 14.0. The van der Waals surface area contributed by atoms with Crippen molar-refractivity contribution in [1.29, 1.82) is 0 Å². The molecule has 3 aliphatic rings. The molecule has 0 atom stereocenters. The van der Waals surface area contributed by atoms with Gasteiger partial charge in [0.1, 0.15) is 0 Å². The minimum absolute atomic E-state index is 0.101. The first-order valence-electron chi connectivity index (χ1n) is 17.0. The smallest absolute Gasteiger partial charge is 0.0936 e. The molecule has 0 spiro atoms. The Hall–Kier alpha value is -6.26. The fraction of sp³-hybridized carbons (Fsp3) is 0.0667. The molecule has 1 aliphatic carbocycles. The van der Waals surface area contributed by atoms with E-state index >= 15 is 0 Å². The molecule has 2 N–H and O–H groups in total. The molecule has 0 radical (unpaired) electrons. The summed E-state index contributed by atoms with van der Waals surface area (Å²) >= 11 is 0. The molecule has 3 heterocycles. The SMILES string of the molecule is CC1(C)c2ccccc2-c2ccc(N(c3ccc(-c4ccccc4)cc3)c3cc4c5c(c3)c3cccc6c3n5-c3c(cccc3N4)N6)cc21. The van der Waals surface area contributed by atoms with Crippen molar-refractivity contribution in [2.75, 3.05) is 15.5 Å². The number of aromatic nitrogens is 1. The van der Waals surface area contributed by atoms with Gasteiger partial charge in [0.15, 0.2) is 0 Å². The Balaban J connectivity index is 1.16. The van der Waals surface area contributed by atoms with Gasteiger partial charge in [-0.05, 0) is 88.0 Å².